The summed E-state index contributed by atoms with van der Waals surface area (Å²) >= 11 is 0. The molecule has 0 saturated carbocycles. The van der Waals surface area contributed by atoms with Gasteiger partial charge in [0.2, 0.25) is 5.76 Å². The summed E-state index contributed by atoms with van der Waals surface area (Å²) < 4.78 is 19.0. The minimum atomic E-state index is -0.267. The molecule has 0 N–H and O–H groups in total. The van der Waals surface area contributed by atoms with Crippen LogP contribution in [0.2, 0.25) is 0 Å². The van der Waals surface area contributed by atoms with Crippen LogP contribution in [-0.4, -0.2) is 17.6 Å². The maximum Gasteiger partial charge on any atom is 0.296 e. The van der Waals surface area contributed by atoms with Crippen molar-refractivity contribution in [3.05, 3.63) is 71.2 Å². The van der Waals surface area contributed by atoms with Crippen molar-refractivity contribution >= 4 is 11.6 Å². The number of amides is 1. The Bertz CT molecular complexity index is 934. The molecule has 0 aliphatic carbocycles. The fourth-order valence-corrected chi connectivity index (χ4v) is 3.38. The van der Waals surface area contributed by atoms with Gasteiger partial charge in [0.1, 0.15) is 11.5 Å². The first-order valence-electron chi connectivity index (χ1n) is 8.26. The Balaban J connectivity index is 1.69. The van der Waals surface area contributed by atoms with Crippen LogP contribution in [0.5, 0.6) is 0 Å². The Kier molecular flexibility index (Phi) is 3.84. The maximum atomic E-state index is 13.7. The zero-order valence-electron chi connectivity index (χ0n) is 13.8. The van der Waals surface area contributed by atoms with Gasteiger partial charge >= 0.3 is 0 Å². The van der Waals surface area contributed by atoms with E-state index in [0.717, 1.165) is 35.2 Å². The van der Waals surface area contributed by atoms with Crippen molar-refractivity contribution in [2.45, 2.75) is 19.8 Å². The van der Waals surface area contributed by atoms with E-state index < -0.39 is 0 Å². The third kappa shape index (κ3) is 2.82. The molecule has 0 fully saturated rings. The molecule has 1 aliphatic rings. The van der Waals surface area contributed by atoms with Crippen molar-refractivity contribution in [2.24, 2.45) is 0 Å². The number of anilines is 1. The van der Waals surface area contributed by atoms with Gasteiger partial charge in [-0.1, -0.05) is 35.5 Å². The molecule has 1 aliphatic heterocycles. The van der Waals surface area contributed by atoms with Gasteiger partial charge < -0.3 is 9.42 Å². The van der Waals surface area contributed by atoms with E-state index in [4.69, 9.17) is 4.52 Å². The molecule has 0 spiro atoms. The quantitative estimate of drug-likeness (QED) is 0.697. The Morgan fingerprint density at radius 1 is 1.20 bits per heavy atom. The number of benzene rings is 2. The van der Waals surface area contributed by atoms with Crippen LogP contribution in [0.25, 0.3) is 11.3 Å². The maximum absolute atomic E-state index is 13.7. The molecule has 25 heavy (non-hydrogen) atoms. The van der Waals surface area contributed by atoms with Gasteiger partial charge in [0.05, 0.1) is 5.69 Å². The van der Waals surface area contributed by atoms with Crippen LogP contribution < -0.4 is 4.90 Å². The molecule has 1 amide bonds. The number of hydrogen-bond donors (Lipinski definition) is 0. The molecular weight excluding hydrogens is 319 g/mol. The molecule has 1 aromatic heterocycles. The van der Waals surface area contributed by atoms with Gasteiger partial charge in [-0.25, -0.2) is 4.39 Å². The molecule has 3 aromatic rings. The van der Waals surface area contributed by atoms with Crippen LogP contribution in [0.1, 0.15) is 28.1 Å². The number of aromatic nitrogens is 1. The van der Waals surface area contributed by atoms with Crippen molar-refractivity contribution in [1.82, 2.24) is 5.16 Å². The van der Waals surface area contributed by atoms with Crippen LogP contribution in [0.15, 0.2) is 53.1 Å². The average molecular weight is 336 g/mol. The second-order valence-electron chi connectivity index (χ2n) is 6.23. The average Bonchev–Trinajstić information content (AvgIpc) is 3.11. The van der Waals surface area contributed by atoms with Gasteiger partial charge in [0.25, 0.3) is 5.91 Å². The summed E-state index contributed by atoms with van der Waals surface area (Å²) in [6, 6.07) is 14.2. The van der Waals surface area contributed by atoms with E-state index in [1.807, 2.05) is 37.3 Å². The van der Waals surface area contributed by atoms with Crippen molar-refractivity contribution in [2.75, 3.05) is 11.4 Å². The van der Waals surface area contributed by atoms with Crippen LogP contribution in [0.3, 0.4) is 0 Å². The van der Waals surface area contributed by atoms with Gasteiger partial charge in [-0.2, -0.15) is 0 Å². The lowest BCUT2D eigenvalue weighted by Crippen LogP contribution is -2.36. The number of nitrogens with zero attached hydrogens (tertiary/aromatic N) is 2. The lowest BCUT2D eigenvalue weighted by atomic mass is 9.97. The number of carbonyl (C=O) groups excluding carboxylic acids is 1. The van der Waals surface area contributed by atoms with E-state index in [2.05, 4.69) is 5.16 Å². The molecule has 2 heterocycles. The molecule has 0 atom stereocenters. The molecule has 2 aromatic carbocycles. The van der Waals surface area contributed by atoms with Crippen molar-refractivity contribution in [1.29, 1.82) is 0 Å². The Hall–Kier alpha value is -2.95. The van der Waals surface area contributed by atoms with Gasteiger partial charge in [-0.15, -0.1) is 0 Å². The van der Waals surface area contributed by atoms with Gasteiger partial charge in [-0.3, -0.25) is 4.79 Å². The second-order valence-corrected chi connectivity index (χ2v) is 6.23. The number of carbonyl (C=O) groups is 1. The molecule has 0 radical (unpaired) electrons. The lowest BCUT2D eigenvalue weighted by molar-refractivity contribution is 0.0949. The number of halogens is 1. The van der Waals surface area contributed by atoms with Crippen LogP contribution in [-0.2, 0) is 6.42 Å². The van der Waals surface area contributed by atoms with Gasteiger partial charge in [0.15, 0.2) is 0 Å². The van der Waals surface area contributed by atoms with E-state index in [1.54, 1.807) is 11.0 Å². The first kappa shape index (κ1) is 15.6. The summed E-state index contributed by atoms with van der Waals surface area (Å²) in [6.07, 6.45) is 1.56. The molecular formula is C20H17FN2O2. The number of aryl methyl sites for hydroxylation is 2. The first-order valence-corrected chi connectivity index (χ1v) is 8.26. The fraction of sp³-hybridized carbons (Fsp3) is 0.200. The number of rotatable bonds is 2. The molecule has 4 rings (SSSR count). The predicted molar refractivity (Wildman–Crippen MR) is 93.1 cm³/mol. The van der Waals surface area contributed by atoms with Crippen LogP contribution >= 0.6 is 0 Å². The van der Waals surface area contributed by atoms with E-state index >= 15 is 0 Å². The minimum absolute atomic E-state index is 0.190. The van der Waals surface area contributed by atoms with Gasteiger partial charge in [0, 0.05) is 18.2 Å². The lowest BCUT2D eigenvalue weighted by Gasteiger charge is -2.30. The first-order chi connectivity index (χ1) is 12.1. The zero-order valence-corrected chi connectivity index (χ0v) is 13.8. The normalized spacial score (nSPS) is 13.6. The Morgan fingerprint density at radius 2 is 2.00 bits per heavy atom. The van der Waals surface area contributed by atoms with E-state index in [-0.39, 0.29) is 17.5 Å². The van der Waals surface area contributed by atoms with E-state index in [9.17, 15) is 9.18 Å². The van der Waals surface area contributed by atoms with Crippen molar-refractivity contribution in [3.8, 4) is 11.3 Å². The smallest absolute Gasteiger partial charge is 0.296 e. The molecule has 5 heteroatoms. The third-order valence-electron chi connectivity index (χ3n) is 4.48. The van der Waals surface area contributed by atoms with Crippen LogP contribution in [0, 0.1) is 12.7 Å². The molecule has 126 valence electrons. The fourth-order valence-electron chi connectivity index (χ4n) is 3.38. The molecule has 0 saturated heterocycles. The largest absolute Gasteiger partial charge is 0.350 e. The molecule has 4 nitrogen and oxygen atoms in total. The second kappa shape index (κ2) is 6.16. The van der Waals surface area contributed by atoms with Gasteiger partial charge in [-0.05, 0) is 43.0 Å². The highest BCUT2D eigenvalue weighted by Gasteiger charge is 2.28. The summed E-state index contributed by atoms with van der Waals surface area (Å²) in [7, 11) is 0. The van der Waals surface area contributed by atoms with Crippen molar-refractivity contribution in [3.63, 3.8) is 0 Å². The van der Waals surface area contributed by atoms with Crippen LogP contribution in [0.4, 0.5) is 10.1 Å². The monoisotopic (exact) mass is 336 g/mol. The summed E-state index contributed by atoms with van der Waals surface area (Å²) in [5.74, 6) is -0.322. The summed E-state index contributed by atoms with van der Waals surface area (Å²) in [6.45, 7) is 2.41. The van der Waals surface area contributed by atoms with Crippen molar-refractivity contribution < 1.29 is 13.7 Å². The number of fused-ring (bicyclic) bond motifs is 1. The highest BCUT2D eigenvalue weighted by molar-refractivity contribution is 6.05. The Labute approximate surface area is 144 Å². The summed E-state index contributed by atoms with van der Waals surface area (Å²) in [4.78, 5) is 14.6. The SMILES string of the molecule is Cc1cc(F)cc2c1N(C(=O)c1cc(-c3ccccc3)no1)CCC2. The minimum Gasteiger partial charge on any atom is -0.350 e. The summed E-state index contributed by atoms with van der Waals surface area (Å²) in [5, 5.41) is 4.01. The molecule has 0 unspecified atom stereocenters. The Morgan fingerprint density at radius 3 is 2.80 bits per heavy atom. The number of hydrogen-bond acceptors (Lipinski definition) is 3. The highest BCUT2D eigenvalue weighted by atomic mass is 19.1. The predicted octanol–water partition coefficient (Wildman–Crippen LogP) is 4.38. The topological polar surface area (TPSA) is 46.3 Å². The zero-order chi connectivity index (χ0) is 17.4. The van der Waals surface area contributed by atoms with E-state index in [0.29, 0.717) is 12.2 Å². The molecule has 0 bridgehead atoms. The summed E-state index contributed by atoms with van der Waals surface area (Å²) in [5.41, 5.74) is 3.92. The standard InChI is InChI=1S/C20H17FN2O2/c1-13-10-16(21)11-15-8-5-9-23(19(13)15)20(24)18-12-17(22-25-18)14-6-3-2-4-7-14/h2-4,6-7,10-12H,5,8-9H2,1H3. The third-order valence-corrected chi connectivity index (χ3v) is 4.48. The highest BCUT2D eigenvalue weighted by Crippen LogP contribution is 2.33. The van der Waals surface area contributed by atoms with E-state index in [1.165, 1.54) is 12.1 Å².